The summed E-state index contributed by atoms with van der Waals surface area (Å²) in [5.74, 6) is 3.25. The second kappa shape index (κ2) is 10.3. The van der Waals surface area contributed by atoms with Gasteiger partial charge in [-0.25, -0.2) is 0 Å². The number of guanidine groups is 1. The summed E-state index contributed by atoms with van der Waals surface area (Å²) < 4.78 is 10.7. The molecule has 1 N–H and O–H groups in total. The molecule has 0 spiro atoms. The quantitative estimate of drug-likeness (QED) is 0.560. The average molecular weight is 411 g/mol. The molecule has 0 aliphatic carbocycles. The molecule has 0 radical (unpaired) electrons. The highest BCUT2D eigenvalue weighted by atomic mass is 16.5. The Kier molecular flexibility index (Phi) is 7.57. The molecule has 0 saturated carbocycles. The number of hydrogen-bond donors (Lipinski definition) is 1. The number of benzene rings is 2. The topological polar surface area (TPSA) is 49.3 Å². The number of likely N-dealkylation sites (tertiary alicyclic amines) is 1. The second-order valence-corrected chi connectivity index (χ2v) is 7.89. The molecular formula is C24H34N4O2. The maximum Gasteiger partial charge on any atom is 0.193 e. The Hall–Kier alpha value is -2.73. The number of methoxy groups -OCH3 is 2. The Morgan fingerprint density at radius 1 is 1.13 bits per heavy atom. The smallest absolute Gasteiger partial charge is 0.193 e. The first-order chi connectivity index (χ1) is 14.5. The number of likely N-dealkylation sites (N-methyl/N-ethyl adjacent to an activating group) is 1. The Bertz CT molecular complexity index is 835. The summed E-state index contributed by atoms with van der Waals surface area (Å²) in [6.07, 6.45) is 1.13. The van der Waals surface area contributed by atoms with Gasteiger partial charge >= 0.3 is 0 Å². The second-order valence-electron chi connectivity index (χ2n) is 7.89. The zero-order chi connectivity index (χ0) is 21.5. The Labute approximate surface area is 180 Å². The zero-order valence-corrected chi connectivity index (χ0v) is 18.8. The van der Waals surface area contributed by atoms with Gasteiger partial charge in [0.25, 0.3) is 0 Å². The lowest BCUT2D eigenvalue weighted by Crippen LogP contribution is -2.43. The van der Waals surface area contributed by atoms with Crippen molar-refractivity contribution in [3.05, 3.63) is 59.7 Å². The lowest BCUT2D eigenvalue weighted by atomic mass is 9.98. The van der Waals surface area contributed by atoms with Crippen LogP contribution in [0.15, 0.2) is 53.5 Å². The van der Waals surface area contributed by atoms with Crippen LogP contribution in [0.3, 0.4) is 0 Å². The molecule has 30 heavy (non-hydrogen) atoms. The van der Waals surface area contributed by atoms with Crippen LogP contribution in [0.25, 0.3) is 0 Å². The fourth-order valence-corrected chi connectivity index (χ4v) is 4.07. The fraction of sp³-hybridized carbons (Fsp3) is 0.458. The molecule has 1 fully saturated rings. The fourth-order valence-electron chi connectivity index (χ4n) is 4.07. The summed E-state index contributed by atoms with van der Waals surface area (Å²) in [7, 11) is 9.47. The molecule has 1 heterocycles. The van der Waals surface area contributed by atoms with E-state index in [0.717, 1.165) is 43.5 Å². The van der Waals surface area contributed by atoms with Crippen molar-refractivity contribution in [2.75, 3.05) is 55.0 Å². The van der Waals surface area contributed by atoms with Crippen LogP contribution in [0.1, 0.15) is 29.5 Å². The first-order valence-corrected chi connectivity index (χ1v) is 10.5. The molecule has 2 atom stereocenters. The Morgan fingerprint density at radius 3 is 2.50 bits per heavy atom. The number of ether oxygens (including phenoxy) is 2. The van der Waals surface area contributed by atoms with E-state index in [1.807, 2.05) is 31.3 Å². The Morgan fingerprint density at radius 2 is 1.87 bits per heavy atom. The van der Waals surface area contributed by atoms with Crippen LogP contribution >= 0.6 is 0 Å². The first kappa shape index (κ1) is 22.0. The Balaban J connectivity index is 1.63. The van der Waals surface area contributed by atoms with Crippen molar-refractivity contribution in [2.24, 2.45) is 4.99 Å². The molecule has 6 nitrogen and oxygen atoms in total. The predicted octanol–water partition coefficient (Wildman–Crippen LogP) is 3.37. The highest BCUT2D eigenvalue weighted by molar-refractivity contribution is 5.80. The normalized spacial score (nSPS) is 17.9. The van der Waals surface area contributed by atoms with Crippen molar-refractivity contribution in [3.8, 4) is 11.5 Å². The molecule has 1 aliphatic rings. The maximum atomic E-state index is 5.40. The molecule has 0 bridgehead atoms. The van der Waals surface area contributed by atoms with Crippen LogP contribution in [0.2, 0.25) is 0 Å². The van der Waals surface area contributed by atoms with Gasteiger partial charge in [-0.05, 0) is 55.9 Å². The predicted molar refractivity (Wildman–Crippen MR) is 123 cm³/mol. The van der Waals surface area contributed by atoms with Gasteiger partial charge in [0.15, 0.2) is 5.96 Å². The highest BCUT2D eigenvalue weighted by Crippen LogP contribution is 2.29. The largest absolute Gasteiger partial charge is 0.497 e. The van der Waals surface area contributed by atoms with Crippen molar-refractivity contribution in [2.45, 2.75) is 18.4 Å². The molecule has 3 rings (SSSR count). The minimum absolute atomic E-state index is 0.219. The zero-order valence-electron chi connectivity index (χ0n) is 18.8. The van der Waals surface area contributed by atoms with Gasteiger partial charge in [0.2, 0.25) is 0 Å². The van der Waals surface area contributed by atoms with E-state index in [1.54, 1.807) is 14.2 Å². The summed E-state index contributed by atoms with van der Waals surface area (Å²) >= 11 is 0. The number of nitrogens with one attached hydrogen (secondary N) is 1. The summed E-state index contributed by atoms with van der Waals surface area (Å²) in [6, 6.07) is 16.9. The van der Waals surface area contributed by atoms with E-state index in [2.05, 4.69) is 58.5 Å². The summed E-state index contributed by atoms with van der Waals surface area (Å²) in [6.45, 7) is 2.75. The third kappa shape index (κ3) is 5.25. The third-order valence-corrected chi connectivity index (χ3v) is 5.84. The van der Waals surface area contributed by atoms with E-state index in [-0.39, 0.29) is 6.04 Å². The van der Waals surface area contributed by atoms with E-state index in [9.17, 15) is 0 Å². The molecule has 162 valence electrons. The van der Waals surface area contributed by atoms with Crippen molar-refractivity contribution >= 4 is 5.96 Å². The van der Waals surface area contributed by atoms with Gasteiger partial charge in [-0.1, -0.05) is 24.3 Å². The van der Waals surface area contributed by atoms with Gasteiger partial charge < -0.3 is 24.6 Å². The van der Waals surface area contributed by atoms with Crippen molar-refractivity contribution < 1.29 is 9.47 Å². The highest BCUT2D eigenvalue weighted by Gasteiger charge is 2.26. The van der Waals surface area contributed by atoms with Crippen LogP contribution in [-0.2, 0) is 0 Å². The van der Waals surface area contributed by atoms with Crippen molar-refractivity contribution in [1.29, 1.82) is 0 Å². The number of nitrogens with zero attached hydrogens (tertiary/aromatic N) is 3. The van der Waals surface area contributed by atoms with Gasteiger partial charge in [-0.15, -0.1) is 0 Å². The first-order valence-electron chi connectivity index (χ1n) is 10.5. The lowest BCUT2D eigenvalue weighted by molar-refractivity contribution is 0.294. The molecule has 6 heteroatoms. The third-order valence-electron chi connectivity index (χ3n) is 5.84. The molecular weight excluding hydrogens is 376 g/mol. The molecule has 2 aromatic carbocycles. The van der Waals surface area contributed by atoms with Crippen LogP contribution in [0.5, 0.6) is 11.5 Å². The summed E-state index contributed by atoms with van der Waals surface area (Å²) in [5.41, 5.74) is 2.58. The number of rotatable bonds is 7. The van der Waals surface area contributed by atoms with Gasteiger partial charge in [-0.2, -0.15) is 0 Å². The van der Waals surface area contributed by atoms with Crippen LogP contribution in [0, 0.1) is 0 Å². The van der Waals surface area contributed by atoms with Crippen molar-refractivity contribution in [3.63, 3.8) is 0 Å². The summed E-state index contributed by atoms with van der Waals surface area (Å²) in [4.78, 5) is 9.13. The van der Waals surface area contributed by atoms with Crippen LogP contribution in [-0.4, -0.2) is 70.8 Å². The van der Waals surface area contributed by atoms with Gasteiger partial charge in [-0.3, -0.25) is 4.99 Å². The SMILES string of the molecule is CN=C(NCC(c1cccc(OC)c1)N(C)C)N1CCC(c2ccc(OC)cc2)C1. The lowest BCUT2D eigenvalue weighted by Gasteiger charge is -2.28. The van der Waals surface area contributed by atoms with E-state index in [1.165, 1.54) is 11.1 Å². The summed E-state index contributed by atoms with van der Waals surface area (Å²) in [5, 5.41) is 3.59. The minimum atomic E-state index is 0.219. The molecule has 1 aliphatic heterocycles. The van der Waals surface area contributed by atoms with E-state index >= 15 is 0 Å². The number of aliphatic imine (C=N–C) groups is 1. The van der Waals surface area contributed by atoms with Gasteiger partial charge in [0.05, 0.1) is 20.3 Å². The van der Waals surface area contributed by atoms with Crippen molar-refractivity contribution in [1.82, 2.24) is 15.1 Å². The monoisotopic (exact) mass is 410 g/mol. The molecule has 0 aromatic heterocycles. The van der Waals surface area contributed by atoms with E-state index in [0.29, 0.717) is 5.92 Å². The molecule has 1 saturated heterocycles. The van der Waals surface area contributed by atoms with Crippen LogP contribution < -0.4 is 14.8 Å². The van der Waals surface area contributed by atoms with Gasteiger partial charge in [0.1, 0.15) is 11.5 Å². The van der Waals surface area contributed by atoms with Crippen LogP contribution in [0.4, 0.5) is 0 Å². The average Bonchev–Trinajstić information content (AvgIpc) is 3.26. The van der Waals surface area contributed by atoms with Gasteiger partial charge in [0, 0.05) is 32.6 Å². The standard InChI is InChI=1S/C24H34N4O2/c1-25-24(26-16-23(27(2)3)19-7-6-8-22(15-19)30-5)28-14-13-20(17-28)18-9-11-21(29-4)12-10-18/h6-12,15,20,23H,13-14,16-17H2,1-5H3,(H,25,26). The minimum Gasteiger partial charge on any atom is -0.497 e. The van der Waals surface area contributed by atoms with E-state index < -0.39 is 0 Å². The molecule has 2 unspecified atom stereocenters. The van der Waals surface area contributed by atoms with E-state index in [4.69, 9.17) is 9.47 Å². The maximum absolute atomic E-state index is 5.40. The number of hydrogen-bond acceptors (Lipinski definition) is 4. The molecule has 0 amide bonds. The molecule has 2 aromatic rings.